The molecule has 0 radical (unpaired) electrons. The summed E-state index contributed by atoms with van der Waals surface area (Å²) in [5.74, 6) is 0.768. The number of rotatable bonds is 6. The molecular weight excluding hydrogens is 397 g/mol. The number of halogens is 2. The monoisotopic (exact) mass is 419 g/mol. The molecule has 3 atom stereocenters. The first-order chi connectivity index (χ1) is 14.0. The Bertz CT molecular complexity index is 862. The van der Waals surface area contributed by atoms with E-state index in [9.17, 15) is 14.3 Å². The molecule has 1 amide bonds. The molecule has 4 rings (SSSR count). The number of hydrogen-bond donors (Lipinski definition) is 1. The fourth-order valence-electron chi connectivity index (χ4n) is 4.36. The number of amides is 1. The van der Waals surface area contributed by atoms with Gasteiger partial charge in [-0.1, -0.05) is 11.6 Å². The number of ether oxygens (including phenoxy) is 2. The van der Waals surface area contributed by atoms with Crippen molar-refractivity contribution in [3.05, 3.63) is 58.9 Å². The van der Waals surface area contributed by atoms with Crippen LogP contribution in [0.15, 0.2) is 42.5 Å². The summed E-state index contributed by atoms with van der Waals surface area (Å²) in [6.45, 7) is -0.285. The molecule has 2 fully saturated rings. The smallest absolute Gasteiger partial charge is 0.261 e. The highest BCUT2D eigenvalue weighted by molar-refractivity contribution is 6.30. The Morgan fingerprint density at radius 2 is 1.83 bits per heavy atom. The second-order valence-electron chi connectivity index (χ2n) is 7.55. The van der Waals surface area contributed by atoms with Gasteiger partial charge in [-0.3, -0.25) is 4.79 Å². The number of aliphatic hydroxyl groups excluding tert-OH is 1. The highest BCUT2D eigenvalue weighted by Crippen LogP contribution is 2.37. The van der Waals surface area contributed by atoms with Gasteiger partial charge in [-0.05, 0) is 55.3 Å². The van der Waals surface area contributed by atoms with E-state index >= 15 is 0 Å². The number of benzene rings is 2. The van der Waals surface area contributed by atoms with E-state index in [1.165, 1.54) is 12.1 Å². The van der Waals surface area contributed by atoms with Gasteiger partial charge in [0.1, 0.15) is 23.4 Å². The number of carbonyl (C=O) groups excluding carboxylic acids is 1. The van der Waals surface area contributed by atoms with Crippen molar-refractivity contribution in [1.82, 2.24) is 4.90 Å². The summed E-state index contributed by atoms with van der Waals surface area (Å²) in [6, 6.07) is 11.2. The summed E-state index contributed by atoms with van der Waals surface area (Å²) in [7, 11) is 0. The number of aliphatic hydroxyl groups is 1. The molecular formula is C22H23ClFNO4. The lowest BCUT2D eigenvalue weighted by Crippen LogP contribution is -2.50. The van der Waals surface area contributed by atoms with Crippen molar-refractivity contribution in [3.63, 3.8) is 0 Å². The fourth-order valence-corrected chi connectivity index (χ4v) is 4.56. The third kappa shape index (κ3) is 4.49. The van der Waals surface area contributed by atoms with Gasteiger partial charge in [-0.25, -0.2) is 4.39 Å². The van der Waals surface area contributed by atoms with E-state index in [-0.39, 0.29) is 43.1 Å². The first-order valence-corrected chi connectivity index (χ1v) is 10.2. The number of fused-ring (bicyclic) bond motifs is 2. The van der Waals surface area contributed by atoms with Gasteiger partial charge in [-0.15, -0.1) is 0 Å². The normalized spacial score (nSPS) is 23.1. The van der Waals surface area contributed by atoms with Gasteiger partial charge in [0.25, 0.3) is 5.91 Å². The highest BCUT2D eigenvalue weighted by Gasteiger charge is 2.44. The van der Waals surface area contributed by atoms with E-state index in [0.29, 0.717) is 22.1 Å². The summed E-state index contributed by atoms with van der Waals surface area (Å²) in [6.07, 6.45) is 3.41. The van der Waals surface area contributed by atoms with Crippen molar-refractivity contribution in [2.75, 3.05) is 6.61 Å². The van der Waals surface area contributed by atoms with E-state index in [1.54, 1.807) is 30.3 Å². The highest BCUT2D eigenvalue weighted by atomic mass is 35.5. The predicted octanol–water partition coefficient (Wildman–Crippen LogP) is 3.95. The Labute approximate surface area is 174 Å². The van der Waals surface area contributed by atoms with Gasteiger partial charge in [0.15, 0.2) is 6.61 Å². The Kier molecular flexibility index (Phi) is 5.92. The van der Waals surface area contributed by atoms with E-state index < -0.39 is 0 Å². The molecule has 0 saturated carbocycles. The van der Waals surface area contributed by atoms with Gasteiger partial charge in [0.05, 0.1) is 6.61 Å². The number of nitrogens with zero attached hydrogens (tertiary/aromatic N) is 1. The molecule has 2 aromatic rings. The second-order valence-corrected chi connectivity index (χ2v) is 7.99. The fraction of sp³-hybridized carbons (Fsp3) is 0.409. The maximum atomic E-state index is 13.1. The van der Waals surface area contributed by atoms with E-state index in [4.69, 9.17) is 21.1 Å². The molecule has 7 heteroatoms. The van der Waals surface area contributed by atoms with Gasteiger partial charge in [0, 0.05) is 35.5 Å². The molecule has 0 aromatic heterocycles. The van der Waals surface area contributed by atoms with Crippen LogP contribution in [0, 0.1) is 5.82 Å². The van der Waals surface area contributed by atoms with Crippen LogP contribution in [0.25, 0.3) is 0 Å². The molecule has 1 N–H and O–H groups in total. The summed E-state index contributed by atoms with van der Waals surface area (Å²) in [5.41, 5.74) is 0.555. The molecule has 2 aromatic carbocycles. The first-order valence-electron chi connectivity index (χ1n) is 9.79. The van der Waals surface area contributed by atoms with Crippen molar-refractivity contribution >= 4 is 17.5 Å². The summed E-state index contributed by atoms with van der Waals surface area (Å²) >= 11 is 5.93. The van der Waals surface area contributed by atoms with Crippen LogP contribution >= 0.6 is 11.6 Å². The lowest BCUT2D eigenvalue weighted by Gasteiger charge is -2.38. The summed E-state index contributed by atoms with van der Waals surface area (Å²) in [5, 5.41) is 9.96. The lowest BCUT2D eigenvalue weighted by molar-refractivity contribution is -0.139. The molecule has 5 nitrogen and oxygen atoms in total. The first kappa shape index (κ1) is 20.0. The van der Waals surface area contributed by atoms with Crippen LogP contribution in [0.5, 0.6) is 11.5 Å². The zero-order chi connectivity index (χ0) is 20.4. The minimum atomic E-state index is -0.289. The quantitative estimate of drug-likeness (QED) is 0.770. The summed E-state index contributed by atoms with van der Waals surface area (Å²) < 4.78 is 24.8. The zero-order valence-corrected chi connectivity index (χ0v) is 16.6. The van der Waals surface area contributed by atoms with Crippen molar-refractivity contribution in [2.24, 2.45) is 0 Å². The maximum Gasteiger partial charge on any atom is 0.261 e. The van der Waals surface area contributed by atoms with Crippen LogP contribution in [0.2, 0.25) is 5.02 Å². The molecule has 2 aliphatic rings. The van der Waals surface area contributed by atoms with Gasteiger partial charge < -0.3 is 19.5 Å². The predicted molar refractivity (Wildman–Crippen MR) is 107 cm³/mol. The minimum absolute atomic E-state index is 0.0141. The molecule has 2 aliphatic heterocycles. The number of carbonyl (C=O) groups is 1. The van der Waals surface area contributed by atoms with Crippen LogP contribution in [0.1, 0.15) is 31.2 Å². The minimum Gasteiger partial charge on any atom is -0.490 e. The Hall–Kier alpha value is -2.31. The van der Waals surface area contributed by atoms with Gasteiger partial charge in [0.2, 0.25) is 0 Å². The van der Waals surface area contributed by atoms with Crippen LogP contribution in [-0.2, 0) is 11.4 Å². The standard InChI is InChI=1S/C22H23ClFNO4/c23-15-1-8-21(14(9-15)12-26)28-13-22(27)25-17-4-5-18(25)11-20(10-17)29-19-6-2-16(24)3-7-19/h1-3,6-9,17-18,20,26H,4-5,10-13H2/t17-,18+,20?. The number of hydrogen-bond acceptors (Lipinski definition) is 4. The largest absolute Gasteiger partial charge is 0.490 e. The third-order valence-electron chi connectivity index (χ3n) is 5.64. The van der Waals surface area contributed by atoms with E-state index in [1.807, 2.05) is 4.90 Å². The molecule has 154 valence electrons. The second kappa shape index (κ2) is 8.59. The van der Waals surface area contributed by atoms with Gasteiger partial charge in [-0.2, -0.15) is 0 Å². The van der Waals surface area contributed by atoms with Crippen LogP contribution in [0.3, 0.4) is 0 Å². The van der Waals surface area contributed by atoms with Crippen LogP contribution in [-0.4, -0.2) is 40.7 Å². The molecule has 2 heterocycles. The molecule has 0 aliphatic carbocycles. The lowest BCUT2D eigenvalue weighted by atomic mass is 9.99. The topological polar surface area (TPSA) is 59.0 Å². The SMILES string of the molecule is O=C(COc1ccc(Cl)cc1CO)N1[C@@H]2CC[C@H]1CC(Oc1ccc(F)cc1)C2. The average Bonchev–Trinajstić information content (AvgIpc) is 2.99. The zero-order valence-electron chi connectivity index (χ0n) is 15.9. The van der Waals surface area contributed by atoms with E-state index in [0.717, 1.165) is 25.7 Å². The number of piperidine rings is 1. The van der Waals surface area contributed by atoms with Crippen LogP contribution < -0.4 is 9.47 Å². The molecule has 2 saturated heterocycles. The molecule has 29 heavy (non-hydrogen) atoms. The Morgan fingerprint density at radius 3 is 2.48 bits per heavy atom. The average molecular weight is 420 g/mol. The Morgan fingerprint density at radius 1 is 1.14 bits per heavy atom. The van der Waals surface area contributed by atoms with Crippen molar-refractivity contribution in [1.29, 1.82) is 0 Å². The Balaban J connectivity index is 1.35. The van der Waals surface area contributed by atoms with Crippen molar-refractivity contribution in [2.45, 2.75) is 50.5 Å². The van der Waals surface area contributed by atoms with Crippen LogP contribution in [0.4, 0.5) is 4.39 Å². The molecule has 0 spiro atoms. The summed E-state index contributed by atoms with van der Waals surface area (Å²) in [4.78, 5) is 14.8. The third-order valence-corrected chi connectivity index (χ3v) is 5.87. The molecule has 1 unspecified atom stereocenters. The van der Waals surface area contributed by atoms with Gasteiger partial charge >= 0.3 is 0 Å². The maximum absolute atomic E-state index is 13.1. The van der Waals surface area contributed by atoms with E-state index in [2.05, 4.69) is 0 Å². The molecule has 2 bridgehead atoms. The van der Waals surface area contributed by atoms with Crippen molar-refractivity contribution < 1.29 is 23.8 Å². The van der Waals surface area contributed by atoms with Crippen molar-refractivity contribution in [3.8, 4) is 11.5 Å².